The summed E-state index contributed by atoms with van der Waals surface area (Å²) < 4.78 is 0. The van der Waals surface area contributed by atoms with Crippen LogP contribution in [0.15, 0.2) is 0 Å². The monoisotopic (exact) mass is 793 g/mol. The average molecular weight is 793 g/mol. The van der Waals surface area contributed by atoms with Crippen molar-refractivity contribution in [2.75, 3.05) is 6.61 Å². The van der Waals surface area contributed by atoms with Gasteiger partial charge >= 0.3 is 5.97 Å². The van der Waals surface area contributed by atoms with Gasteiger partial charge in [-0.25, -0.2) is 0 Å². The molecule has 0 amide bonds. The van der Waals surface area contributed by atoms with Crippen LogP contribution in [-0.2, 0) is 9.59 Å². The molecule has 8 aliphatic carbocycles. The summed E-state index contributed by atoms with van der Waals surface area (Å²) in [6.07, 6.45) is 21.1. The fourth-order valence-electron chi connectivity index (χ4n) is 18.8. The van der Waals surface area contributed by atoms with Gasteiger partial charge in [0.2, 0.25) is 0 Å². The number of Topliss-reactive ketones (excluding diaryl/α,β-unsaturated/α-hetero) is 1. The SMILES string of the molecule is CC[C@H]1C(=O)[C@H]2C3CC[C@H]([C@H](C)CC(=O)O)[C@@]3(C)CCC2[C@@]2(C)CC[C@@H](C)C[C@@H]12.CC[C@H]1[C@@H](O)[C@H]2C3CC[C@H]([C@H](C)CCO)[C@@]3(C)CCC2[C@@]2(C)CC[C@@H](C)C[C@@H]12. The molecule has 0 saturated heterocycles. The van der Waals surface area contributed by atoms with Crippen LogP contribution in [0.5, 0.6) is 0 Å². The fourth-order valence-corrected chi connectivity index (χ4v) is 18.8. The van der Waals surface area contributed by atoms with Crippen molar-refractivity contribution in [2.45, 2.75) is 191 Å². The van der Waals surface area contributed by atoms with Gasteiger partial charge in [-0.3, -0.25) is 9.59 Å². The molecule has 8 aliphatic rings. The molecule has 0 aromatic heterocycles. The zero-order valence-electron chi connectivity index (χ0n) is 38.4. The number of rotatable bonds is 8. The second kappa shape index (κ2) is 16.4. The highest BCUT2D eigenvalue weighted by Crippen LogP contribution is 2.71. The molecule has 0 heterocycles. The minimum atomic E-state index is -0.676. The van der Waals surface area contributed by atoms with Gasteiger partial charge in [-0.15, -0.1) is 0 Å². The van der Waals surface area contributed by atoms with Crippen molar-refractivity contribution in [3.8, 4) is 0 Å². The first-order valence-corrected chi connectivity index (χ1v) is 24.9. The average Bonchev–Trinajstić information content (AvgIpc) is 3.70. The van der Waals surface area contributed by atoms with Crippen molar-refractivity contribution in [3.05, 3.63) is 0 Å². The topological polar surface area (TPSA) is 94.8 Å². The van der Waals surface area contributed by atoms with Crippen LogP contribution in [0.2, 0.25) is 0 Å². The molecule has 57 heavy (non-hydrogen) atoms. The van der Waals surface area contributed by atoms with Crippen LogP contribution in [0.3, 0.4) is 0 Å². The third kappa shape index (κ3) is 7.07. The van der Waals surface area contributed by atoms with E-state index in [9.17, 15) is 24.9 Å². The number of aliphatic hydroxyl groups excluding tert-OH is 2. The first-order valence-electron chi connectivity index (χ1n) is 24.9. The highest BCUT2D eigenvalue weighted by atomic mass is 16.4. The van der Waals surface area contributed by atoms with Gasteiger partial charge in [-0.2, -0.15) is 0 Å². The van der Waals surface area contributed by atoms with E-state index in [4.69, 9.17) is 0 Å². The normalized spacial score (nSPS) is 52.4. The number of carbonyl (C=O) groups is 2. The van der Waals surface area contributed by atoms with E-state index in [0.29, 0.717) is 76.0 Å². The van der Waals surface area contributed by atoms with Crippen molar-refractivity contribution in [2.24, 2.45) is 116 Å². The van der Waals surface area contributed by atoms with E-state index in [1.54, 1.807) is 0 Å². The van der Waals surface area contributed by atoms with Gasteiger partial charge in [0.1, 0.15) is 5.78 Å². The number of carboxylic acid groups (broad SMARTS) is 1. The maximum Gasteiger partial charge on any atom is 0.303 e. The van der Waals surface area contributed by atoms with Crippen LogP contribution >= 0.6 is 0 Å². The number of hydrogen-bond acceptors (Lipinski definition) is 4. The highest BCUT2D eigenvalue weighted by molar-refractivity contribution is 5.86. The molecule has 0 radical (unpaired) electrons. The molecule has 326 valence electrons. The predicted octanol–water partition coefficient (Wildman–Crippen LogP) is 12.1. The van der Waals surface area contributed by atoms with Crippen molar-refractivity contribution < 1.29 is 24.9 Å². The van der Waals surface area contributed by atoms with Gasteiger partial charge in [-0.1, -0.05) is 88.5 Å². The summed E-state index contributed by atoms with van der Waals surface area (Å²) >= 11 is 0. The van der Waals surface area contributed by atoms with Crippen molar-refractivity contribution >= 4 is 11.8 Å². The summed E-state index contributed by atoms with van der Waals surface area (Å²) in [7, 11) is 0. The second-order valence-electron chi connectivity index (χ2n) is 24.0. The van der Waals surface area contributed by atoms with E-state index in [1.807, 2.05) is 0 Å². The predicted molar refractivity (Wildman–Crippen MR) is 231 cm³/mol. The first-order chi connectivity index (χ1) is 26.9. The Morgan fingerprint density at radius 1 is 0.667 bits per heavy atom. The second-order valence-corrected chi connectivity index (χ2v) is 24.0. The smallest absolute Gasteiger partial charge is 0.303 e. The highest BCUT2D eigenvalue weighted by Gasteiger charge is 2.66. The van der Waals surface area contributed by atoms with Gasteiger partial charge in [-0.05, 0) is 194 Å². The Bertz CT molecular complexity index is 1440. The lowest BCUT2D eigenvalue weighted by Crippen LogP contribution is -2.61. The maximum absolute atomic E-state index is 13.9. The molecular formula is C52H88O5. The van der Waals surface area contributed by atoms with Crippen LogP contribution in [-0.4, -0.2) is 39.8 Å². The van der Waals surface area contributed by atoms with Crippen LogP contribution in [0.25, 0.3) is 0 Å². The van der Waals surface area contributed by atoms with E-state index in [-0.39, 0.29) is 35.7 Å². The summed E-state index contributed by atoms with van der Waals surface area (Å²) in [5.41, 5.74) is 1.31. The van der Waals surface area contributed by atoms with Gasteiger partial charge in [0.25, 0.3) is 0 Å². The van der Waals surface area contributed by atoms with Gasteiger partial charge in [0.05, 0.1) is 6.10 Å². The third-order valence-corrected chi connectivity index (χ3v) is 21.7. The Hall–Kier alpha value is -0.940. The summed E-state index contributed by atoms with van der Waals surface area (Å²) in [4.78, 5) is 25.3. The fraction of sp³-hybridized carbons (Fsp3) is 0.962. The molecule has 0 spiro atoms. The van der Waals surface area contributed by atoms with E-state index < -0.39 is 5.97 Å². The molecule has 0 bridgehead atoms. The van der Waals surface area contributed by atoms with Crippen molar-refractivity contribution in [3.63, 3.8) is 0 Å². The molecule has 3 N–H and O–H groups in total. The molecule has 0 aromatic carbocycles. The van der Waals surface area contributed by atoms with Gasteiger partial charge in [0.15, 0.2) is 0 Å². The van der Waals surface area contributed by atoms with Crippen molar-refractivity contribution in [1.29, 1.82) is 0 Å². The standard InChI is InChI=1S/C26H42O3.C26H46O2/c1-6-17-21-13-15(2)9-11-26(21,5)20-10-12-25(4)18(16(3)14-22(27)28)7-8-19(25)23(20)24(17)29;1-6-18-22-15-16(2)9-12-26(22,5)21-10-13-25(4)19(17(3)11-14-27)7-8-20(25)23(21)24(18)28/h15-21,23H,6-14H2,1-5H3,(H,27,28);16-24,27-28H,6-15H2,1-5H3/t15-,16-,17-,18-,19?,20?,21+,23+,25-,26-;16-,17-,18-,19-,20?,21?,22+,23+,24-,25-,26-/m11/s1. The Morgan fingerprint density at radius 3 is 1.74 bits per heavy atom. The van der Waals surface area contributed by atoms with Crippen LogP contribution in [0, 0.1) is 116 Å². The number of ketones is 1. The lowest BCUT2D eigenvalue weighted by atomic mass is 9.41. The quantitative estimate of drug-likeness (QED) is 0.228. The Labute approximate surface area is 349 Å². The van der Waals surface area contributed by atoms with Crippen LogP contribution < -0.4 is 0 Å². The van der Waals surface area contributed by atoms with Crippen LogP contribution in [0.1, 0.15) is 185 Å². The Balaban J connectivity index is 0.000000174. The summed E-state index contributed by atoms with van der Waals surface area (Å²) in [5.74, 6) is 8.78. The Morgan fingerprint density at radius 2 is 1.16 bits per heavy atom. The van der Waals surface area contributed by atoms with Crippen molar-refractivity contribution in [1.82, 2.24) is 0 Å². The number of hydrogen-bond donors (Lipinski definition) is 3. The zero-order chi connectivity index (χ0) is 41.4. The molecule has 4 unspecified atom stereocenters. The number of aliphatic hydroxyl groups is 2. The number of aliphatic carboxylic acids is 1. The molecule has 0 aromatic rings. The lowest BCUT2D eigenvalue weighted by Gasteiger charge is -2.65. The largest absolute Gasteiger partial charge is 0.481 e. The minimum absolute atomic E-state index is 0.0881. The molecular weight excluding hydrogens is 705 g/mol. The van der Waals surface area contributed by atoms with E-state index in [0.717, 1.165) is 61.7 Å². The number of fused-ring (bicyclic) bond motifs is 10. The Kier molecular flexibility index (Phi) is 12.7. The molecule has 21 atom stereocenters. The molecule has 0 aliphatic heterocycles. The summed E-state index contributed by atoms with van der Waals surface area (Å²) in [6.45, 7) is 24.3. The minimum Gasteiger partial charge on any atom is -0.481 e. The molecule has 8 saturated carbocycles. The number of carboxylic acids is 1. The zero-order valence-corrected chi connectivity index (χ0v) is 38.4. The van der Waals surface area contributed by atoms with E-state index >= 15 is 0 Å². The number of carbonyl (C=O) groups excluding carboxylic acids is 1. The van der Waals surface area contributed by atoms with Gasteiger partial charge in [0, 0.05) is 24.9 Å². The molecule has 5 nitrogen and oxygen atoms in total. The lowest BCUT2D eigenvalue weighted by molar-refractivity contribution is -0.198. The van der Waals surface area contributed by atoms with Crippen LogP contribution in [0.4, 0.5) is 0 Å². The van der Waals surface area contributed by atoms with Gasteiger partial charge < -0.3 is 15.3 Å². The molecule has 8 fully saturated rings. The van der Waals surface area contributed by atoms with E-state index in [2.05, 4.69) is 69.2 Å². The summed E-state index contributed by atoms with van der Waals surface area (Å²) in [5, 5.41) is 30.6. The molecule has 8 rings (SSSR count). The third-order valence-electron chi connectivity index (χ3n) is 21.7. The first kappa shape index (κ1) is 44.1. The van der Waals surface area contributed by atoms with E-state index in [1.165, 1.54) is 77.0 Å². The summed E-state index contributed by atoms with van der Waals surface area (Å²) in [6, 6.07) is 0. The molecule has 5 heteroatoms. The maximum atomic E-state index is 13.9.